The van der Waals surface area contributed by atoms with Crippen molar-refractivity contribution in [2.24, 2.45) is 0 Å². The van der Waals surface area contributed by atoms with Crippen LogP contribution in [0.15, 0.2) is 28.7 Å². The molecule has 6 heteroatoms. The predicted molar refractivity (Wildman–Crippen MR) is 77.3 cm³/mol. The Bertz CT molecular complexity index is 619. The number of ether oxygens (including phenoxy) is 1. The lowest BCUT2D eigenvalue weighted by Crippen LogP contribution is -2.00. The van der Waals surface area contributed by atoms with E-state index in [-0.39, 0.29) is 5.82 Å². The summed E-state index contributed by atoms with van der Waals surface area (Å²) in [5.41, 5.74) is 7.69. The molecule has 0 spiro atoms. The third-order valence-electron chi connectivity index (χ3n) is 2.61. The van der Waals surface area contributed by atoms with Gasteiger partial charge in [-0.25, -0.2) is 4.39 Å². The van der Waals surface area contributed by atoms with Gasteiger partial charge in [-0.1, -0.05) is 0 Å². The molecule has 0 fully saturated rings. The molecule has 1 aromatic heterocycles. The Labute approximate surface area is 118 Å². The zero-order valence-corrected chi connectivity index (χ0v) is 12.1. The van der Waals surface area contributed by atoms with Crippen LogP contribution in [0.3, 0.4) is 0 Å². The number of hydrogen-bond donors (Lipinski definition) is 2. The van der Waals surface area contributed by atoms with E-state index in [0.717, 1.165) is 11.3 Å². The molecule has 0 saturated carbocycles. The molecule has 1 aromatic carbocycles. The summed E-state index contributed by atoms with van der Waals surface area (Å²) >= 11 is 3.15. The molecule has 0 radical (unpaired) electrons. The van der Waals surface area contributed by atoms with Crippen molar-refractivity contribution in [1.82, 2.24) is 4.98 Å². The van der Waals surface area contributed by atoms with E-state index in [0.29, 0.717) is 21.9 Å². The summed E-state index contributed by atoms with van der Waals surface area (Å²) in [6, 6.07) is 6.53. The second-order valence-corrected chi connectivity index (χ2v) is 4.86. The van der Waals surface area contributed by atoms with Gasteiger partial charge < -0.3 is 15.8 Å². The second-order valence-electron chi connectivity index (χ2n) is 4.00. The molecule has 0 aliphatic heterocycles. The number of nitrogens with one attached hydrogen (secondary N) is 1. The molecule has 0 amide bonds. The average Bonchev–Trinajstić information content (AvgIpc) is 2.38. The van der Waals surface area contributed by atoms with E-state index in [1.165, 1.54) is 13.2 Å². The number of aromatic nitrogens is 1. The number of nitrogen functional groups attached to an aromatic ring is 1. The molecule has 19 heavy (non-hydrogen) atoms. The van der Waals surface area contributed by atoms with Crippen LogP contribution in [0.1, 0.15) is 5.56 Å². The summed E-state index contributed by atoms with van der Waals surface area (Å²) < 4.78 is 18.8. The fourth-order valence-corrected chi connectivity index (χ4v) is 1.95. The summed E-state index contributed by atoms with van der Waals surface area (Å²) in [7, 11) is 1.50. The standard InChI is InChI=1S/C13H13BrFN3O/c1-7-5-9(15)8(14)6-11(7)17-12-4-3-10(16)13(18-12)19-2/h3-6H,16H2,1-2H3,(H,17,18). The first-order valence-corrected chi connectivity index (χ1v) is 6.33. The molecular weight excluding hydrogens is 313 g/mol. The fourth-order valence-electron chi connectivity index (χ4n) is 1.60. The number of hydrogen-bond acceptors (Lipinski definition) is 4. The first kappa shape index (κ1) is 13.6. The minimum atomic E-state index is -0.300. The molecule has 0 unspecified atom stereocenters. The first-order chi connectivity index (χ1) is 9.01. The van der Waals surface area contributed by atoms with Crippen LogP contribution in [0.25, 0.3) is 0 Å². The van der Waals surface area contributed by atoms with Crippen molar-refractivity contribution >= 4 is 33.1 Å². The first-order valence-electron chi connectivity index (χ1n) is 5.54. The summed E-state index contributed by atoms with van der Waals surface area (Å²) in [6.07, 6.45) is 0. The van der Waals surface area contributed by atoms with E-state index in [1.807, 2.05) is 6.92 Å². The maximum Gasteiger partial charge on any atom is 0.238 e. The summed E-state index contributed by atoms with van der Waals surface area (Å²) in [4.78, 5) is 4.21. The van der Waals surface area contributed by atoms with E-state index < -0.39 is 0 Å². The van der Waals surface area contributed by atoms with Gasteiger partial charge in [-0.2, -0.15) is 4.98 Å². The monoisotopic (exact) mass is 325 g/mol. The Morgan fingerprint density at radius 2 is 2.11 bits per heavy atom. The lowest BCUT2D eigenvalue weighted by Gasteiger charge is -2.11. The molecule has 4 nitrogen and oxygen atoms in total. The molecule has 1 heterocycles. The Balaban J connectivity index is 2.33. The summed E-state index contributed by atoms with van der Waals surface area (Å²) in [6.45, 7) is 1.81. The number of benzene rings is 1. The van der Waals surface area contributed by atoms with Crippen LogP contribution in [0.5, 0.6) is 5.88 Å². The number of anilines is 3. The largest absolute Gasteiger partial charge is 0.479 e. The summed E-state index contributed by atoms with van der Waals surface area (Å²) in [5.74, 6) is 0.627. The third kappa shape index (κ3) is 2.96. The zero-order chi connectivity index (χ0) is 14.0. The lowest BCUT2D eigenvalue weighted by molar-refractivity contribution is 0.401. The topological polar surface area (TPSA) is 60.2 Å². The minimum absolute atomic E-state index is 0.300. The molecule has 0 aliphatic rings. The number of halogens is 2. The number of nitrogens with two attached hydrogens (primary N) is 1. The van der Waals surface area contributed by atoms with Gasteiger partial charge in [0.05, 0.1) is 17.3 Å². The van der Waals surface area contributed by atoms with Crippen molar-refractivity contribution < 1.29 is 9.13 Å². The van der Waals surface area contributed by atoms with Crippen LogP contribution in [0.4, 0.5) is 21.6 Å². The van der Waals surface area contributed by atoms with Gasteiger partial charge in [0.2, 0.25) is 5.88 Å². The molecular formula is C13H13BrFN3O. The van der Waals surface area contributed by atoms with Crippen LogP contribution in [0, 0.1) is 12.7 Å². The van der Waals surface area contributed by atoms with Gasteiger partial charge in [0.25, 0.3) is 0 Å². The van der Waals surface area contributed by atoms with E-state index in [9.17, 15) is 4.39 Å². The predicted octanol–water partition coefficient (Wildman–Crippen LogP) is 3.63. The van der Waals surface area contributed by atoms with Crippen molar-refractivity contribution in [2.75, 3.05) is 18.2 Å². The Morgan fingerprint density at radius 3 is 2.79 bits per heavy atom. The number of nitrogens with zero attached hydrogens (tertiary/aromatic N) is 1. The highest BCUT2D eigenvalue weighted by Gasteiger charge is 2.08. The van der Waals surface area contributed by atoms with E-state index in [2.05, 4.69) is 26.2 Å². The molecule has 0 saturated heterocycles. The number of rotatable bonds is 3. The van der Waals surface area contributed by atoms with Gasteiger partial charge >= 0.3 is 0 Å². The zero-order valence-electron chi connectivity index (χ0n) is 10.5. The molecule has 2 aromatic rings. The smallest absolute Gasteiger partial charge is 0.238 e. The van der Waals surface area contributed by atoms with Crippen LogP contribution >= 0.6 is 15.9 Å². The van der Waals surface area contributed by atoms with Crippen LogP contribution in [-0.4, -0.2) is 12.1 Å². The normalized spacial score (nSPS) is 10.3. The molecule has 2 rings (SSSR count). The Morgan fingerprint density at radius 1 is 1.37 bits per heavy atom. The fraction of sp³-hybridized carbons (Fsp3) is 0.154. The number of pyridine rings is 1. The van der Waals surface area contributed by atoms with Gasteiger partial charge in [0.1, 0.15) is 11.6 Å². The Hall–Kier alpha value is -1.82. The maximum absolute atomic E-state index is 13.3. The SMILES string of the molecule is COc1nc(Nc2cc(Br)c(F)cc2C)ccc1N. The Kier molecular flexibility index (Phi) is 3.90. The minimum Gasteiger partial charge on any atom is -0.479 e. The van der Waals surface area contributed by atoms with Crippen molar-refractivity contribution in [3.8, 4) is 5.88 Å². The molecule has 100 valence electrons. The van der Waals surface area contributed by atoms with Crippen LogP contribution < -0.4 is 15.8 Å². The van der Waals surface area contributed by atoms with Gasteiger partial charge in [-0.05, 0) is 52.7 Å². The van der Waals surface area contributed by atoms with Crippen molar-refractivity contribution in [1.29, 1.82) is 0 Å². The van der Waals surface area contributed by atoms with E-state index in [4.69, 9.17) is 10.5 Å². The number of methoxy groups -OCH3 is 1. The van der Waals surface area contributed by atoms with Crippen LogP contribution in [0.2, 0.25) is 0 Å². The van der Waals surface area contributed by atoms with Crippen molar-refractivity contribution in [3.63, 3.8) is 0 Å². The molecule has 0 bridgehead atoms. The lowest BCUT2D eigenvalue weighted by atomic mass is 10.2. The quantitative estimate of drug-likeness (QED) is 0.904. The third-order valence-corrected chi connectivity index (χ3v) is 3.22. The van der Waals surface area contributed by atoms with Gasteiger partial charge in [0, 0.05) is 5.69 Å². The van der Waals surface area contributed by atoms with Gasteiger partial charge in [0.15, 0.2) is 0 Å². The summed E-state index contributed by atoms with van der Waals surface area (Å²) in [5, 5.41) is 3.10. The number of aryl methyl sites for hydroxylation is 1. The second kappa shape index (κ2) is 5.44. The molecule has 3 N–H and O–H groups in total. The highest BCUT2D eigenvalue weighted by Crippen LogP contribution is 2.28. The van der Waals surface area contributed by atoms with Gasteiger partial charge in [-0.3, -0.25) is 0 Å². The van der Waals surface area contributed by atoms with E-state index >= 15 is 0 Å². The van der Waals surface area contributed by atoms with Crippen LogP contribution in [-0.2, 0) is 0 Å². The highest BCUT2D eigenvalue weighted by molar-refractivity contribution is 9.10. The molecule has 0 aliphatic carbocycles. The maximum atomic E-state index is 13.3. The highest BCUT2D eigenvalue weighted by atomic mass is 79.9. The van der Waals surface area contributed by atoms with E-state index in [1.54, 1.807) is 18.2 Å². The average molecular weight is 326 g/mol. The molecule has 0 atom stereocenters. The van der Waals surface area contributed by atoms with Crippen molar-refractivity contribution in [2.45, 2.75) is 6.92 Å². The van der Waals surface area contributed by atoms with Crippen molar-refractivity contribution in [3.05, 3.63) is 40.1 Å². The van der Waals surface area contributed by atoms with Gasteiger partial charge in [-0.15, -0.1) is 0 Å².